The van der Waals surface area contributed by atoms with Gasteiger partial charge in [0.05, 0.1) is 5.69 Å². The Morgan fingerprint density at radius 2 is 2.25 bits per heavy atom. The van der Waals surface area contributed by atoms with Gasteiger partial charge in [0, 0.05) is 11.6 Å². The molecule has 1 fully saturated rings. The van der Waals surface area contributed by atoms with Crippen LogP contribution in [0.3, 0.4) is 0 Å². The van der Waals surface area contributed by atoms with Gasteiger partial charge in [-0.25, -0.2) is 4.39 Å². The minimum atomic E-state index is -0.453. The Kier molecular flexibility index (Phi) is 2.81. The summed E-state index contributed by atoms with van der Waals surface area (Å²) in [5.74, 6) is -0.178. The average molecular weight is 222 g/mol. The fraction of sp³-hybridized carbons (Fsp3) is 0.417. The molecule has 1 unspecified atom stereocenters. The van der Waals surface area contributed by atoms with Crippen LogP contribution in [0.1, 0.15) is 19.8 Å². The molecule has 2 rings (SSSR count). The Hall–Kier alpha value is -1.58. The highest BCUT2D eigenvalue weighted by molar-refractivity contribution is 5.93. The molecule has 4 heteroatoms. The molecule has 1 aromatic rings. The molecule has 0 aromatic heterocycles. The number of rotatable bonds is 3. The number of carbonyl (C=O) groups excluding carboxylic acids is 1. The maximum Gasteiger partial charge on any atom is 0.227 e. The third-order valence-electron chi connectivity index (χ3n) is 2.99. The Morgan fingerprint density at radius 1 is 1.56 bits per heavy atom. The van der Waals surface area contributed by atoms with Crippen molar-refractivity contribution < 1.29 is 9.18 Å². The van der Waals surface area contributed by atoms with E-state index in [2.05, 4.69) is 5.32 Å². The number of anilines is 2. The van der Waals surface area contributed by atoms with Crippen LogP contribution in [0.15, 0.2) is 18.2 Å². The van der Waals surface area contributed by atoms with Crippen molar-refractivity contribution in [1.82, 2.24) is 0 Å². The van der Waals surface area contributed by atoms with Gasteiger partial charge >= 0.3 is 0 Å². The summed E-state index contributed by atoms with van der Waals surface area (Å²) >= 11 is 0. The van der Waals surface area contributed by atoms with Crippen molar-refractivity contribution in [1.29, 1.82) is 0 Å². The van der Waals surface area contributed by atoms with Gasteiger partial charge < -0.3 is 11.1 Å². The van der Waals surface area contributed by atoms with E-state index < -0.39 is 5.82 Å². The van der Waals surface area contributed by atoms with Gasteiger partial charge in [0.25, 0.3) is 0 Å². The summed E-state index contributed by atoms with van der Waals surface area (Å²) < 4.78 is 13.3. The molecule has 1 saturated carbocycles. The molecule has 0 aliphatic heterocycles. The molecule has 0 saturated heterocycles. The summed E-state index contributed by atoms with van der Waals surface area (Å²) in [6.45, 7) is 1.87. The second-order valence-corrected chi connectivity index (χ2v) is 4.35. The monoisotopic (exact) mass is 222 g/mol. The molecule has 1 aliphatic carbocycles. The summed E-state index contributed by atoms with van der Waals surface area (Å²) in [6, 6.07) is 4.16. The van der Waals surface area contributed by atoms with Crippen molar-refractivity contribution >= 4 is 17.3 Å². The van der Waals surface area contributed by atoms with E-state index in [0.717, 1.165) is 12.8 Å². The number of nitrogens with one attached hydrogen (secondary N) is 1. The van der Waals surface area contributed by atoms with Crippen molar-refractivity contribution in [3.05, 3.63) is 24.0 Å². The second kappa shape index (κ2) is 4.12. The minimum absolute atomic E-state index is 0.0548. The first-order valence-corrected chi connectivity index (χ1v) is 5.44. The molecule has 1 aliphatic rings. The van der Waals surface area contributed by atoms with Crippen LogP contribution < -0.4 is 11.1 Å². The molecular formula is C12H15FN2O. The fourth-order valence-electron chi connectivity index (χ4n) is 1.70. The normalized spacial score (nSPS) is 16.9. The van der Waals surface area contributed by atoms with E-state index in [1.165, 1.54) is 18.2 Å². The Labute approximate surface area is 93.8 Å². The predicted octanol–water partition coefficient (Wildman–Crippen LogP) is 2.39. The van der Waals surface area contributed by atoms with Crippen LogP contribution in [-0.2, 0) is 4.79 Å². The third kappa shape index (κ3) is 2.32. The lowest BCUT2D eigenvalue weighted by Crippen LogP contribution is -2.22. The molecule has 1 atom stereocenters. The molecular weight excluding hydrogens is 207 g/mol. The molecule has 16 heavy (non-hydrogen) atoms. The lowest BCUT2D eigenvalue weighted by Gasteiger charge is -2.12. The molecule has 86 valence electrons. The number of carbonyl (C=O) groups is 1. The SMILES string of the molecule is CC(C(=O)Nc1cc(N)ccc1F)C1CC1. The van der Waals surface area contributed by atoms with Crippen LogP contribution in [0.4, 0.5) is 15.8 Å². The smallest absolute Gasteiger partial charge is 0.227 e. The second-order valence-electron chi connectivity index (χ2n) is 4.35. The van der Waals surface area contributed by atoms with Crippen LogP contribution >= 0.6 is 0 Å². The molecule has 0 spiro atoms. The summed E-state index contributed by atoms with van der Waals surface area (Å²) in [6.07, 6.45) is 2.18. The molecule has 1 aromatic carbocycles. The predicted molar refractivity (Wildman–Crippen MR) is 61.3 cm³/mol. The highest BCUT2D eigenvalue weighted by Gasteiger charge is 2.32. The number of hydrogen-bond acceptors (Lipinski definition) is 2. The van der Waals surface area contributed by atoms with Crippen LogP contribution in [0.2, 0.25) is 0 Å². The molecule has 3 nitrogen and oxygen atoms in total. The van der Waals surface area contributed by atoms with Gasteiger partial charge in [0.2, 0.25) is 5.91 Å². The van der Waals surface area contributed by atoms with E-state index in [9.17, 15) is 9.18 Å². The first-order chi connectivity index (χ1) is 7.58. The highest BCUT2D eigenvalue weighted by Crippen LogP contribution is 2.37. The van der Waals surface area contributed by atoms with Gasteiger partial charge in [-0.3, -0.25) is 4.79 Å². The summed E-state index contributed by atoms with van der Waals surface area (Å²) in [7, 11) is 0. The average Bonchev–Trinajstić information content (AvgIpc) is 3.06. The highest BCUT2D eigenvalue weighted by atomic mass is 19.1. The van der Waals surface area contributed by atoms with Crippen molar-refractivity contribution in [2.24, 2.45) is 11.8 Å². The van der Waals surface area contributed by atoms with E-state index in [1.54, 1.807) is 0 Å². The third-order valence-corrected chi connectivity index (χ3v) is 2.99. The van der Waals surface area contributed by atoms with Crippen molar-refractivity contribution in [3.8, 4) is 0 Å². The first kappa shape index (κ1) is 10.9. The molecule has 0 heterocycles. The van der Waals surface area contributed by atoms with Gasteiger partial charge in [-0.1, -0.05) is 6.92 Å². The Balaban J connectivity index is 2.07. The van der Waals surface area contributed by atoms with E-state index in [0.29, 0.717) is 11.6 Å². The molecule has 1 amide bonds. The standard InChI is InChI=1S/C12H15FN2O/c1-7(8-2-3-8)12(16)15-11-6-9(14)4-5-10(11)13/h4-8H,2-3,14H2,1H3,(H,15,16). The Morgan fingerprint density at radius 3 is 2.88 bits per heavy atom. The summed E-state index contributed by atoms with van der Waals surface area (Å²) in [5.41, 5.74) is 6.14. The van der Waals surface area contributed by atoms with E-state index in [-0.39, 0.29) is 17.5 Å². The lowest BCUT2D eigenvalue weighted by molar-refractivity contribution is -0.119. The van der Waals surface area contributed by atoms with E-state index >= 15 is 0 Å². The number of halogens is 1. The Bertz CT molecular complexity index is 415. The van der Waals surface area contributed by atoms with Gasteiger partial charge in [0.1, 0.15) is 5.82 Å². The maximum atomic E-state index is 13.3. The fourth-order valence-corrected chi connectivity index (χ4v) is 1.70. The number of amides is 1. The molecule has 0 bridgehead atoms. The molecule has 0 radical (unpaired) electrons. The zero-order valence-electron chi connectivity index (χ0n) is 9.16. The quantitative estimate of drug-likeness (QED) is 0.771. The van der Waals surface area contributed by atoms with Gasteiger partial charge in [0.15, 0.2) is 0 Å². The summed E-state index contributed by atoms with van der Waals surface area (Å²) in [4.78, 5) is 11.7. The number of nitrogen functional groups attached to an aromatic ring is 1. The van der Waals surface area contributed by atoms with Crippen LogP contribution in [-0.4, -0.2) is 5.91 Å². The van der Waals surface area contributed by atoms with E-state index in [4.69, 9.17) is 5.73 Å². The minimum Gasteiger partial charge on any atom is -0.399 e. The number of nitrogens with two attached hydrogens (primary N) is 1. The number of hydrogen-bond donors (Lipinski definition) is 2. The topological polar surface area (TPSA) is 55.1 Å². The zero-order valence-corrected chi connectivity index (χ0v) is 9.16. The van der Waals surface area contributed by atoms with Crippen molar-refractivity contribution in [2.75, 3.05) is 11.1 Å². The number of benzene rings is 1. The largest absolute Gasteiger partial charge is 0.399 e. The van der Waals surface area contributed by atoms with Gasteiger partial charge in [-0.05, 0) is 37.0 Å². The molecule has 3 N–H and O–H groups in total. The van der Waals surface area contributed by atoms with Crippen LogP contribution in [0.5, 0.6) is 0 Å². The first-order valence-electron chi connectivity index (χ1n) is 5.44. The summed E-state index contributed by atoms with van der Waals surface area (Å²) in [5, 5.41) is 2.58. The zero-order chi connectivity index (χ0) is 11.7. The van der Waals surface area contributed by atoms with Gasteiger partial charge in [-0.2, -0.15) is 0 Å². The van der Waals surface area contributed by atoms with Crippen LogP contribution in [0, 0.1) is 17.7 Å². The maximum absolute atomic E-state index is 13.3. The van der Waals surface area contributed by atoms with Gasteiger partial charge in [-0.15, -0.1) is 0 Å². The lowest BCUT2D eigenvalue weighted by atomic mass is 10.1. The van der Waals surface area contributed by atoms with Crippen molar-refractivity contribution in [3.63, 3.8) is 0 Å². The van der Waals surface area contributed by atoms with Crippen LogP contribution in [0.25, 0.3) is 0 Å². The van der Waals surface area contributed by atoms with E-state index in [1.807, 2.05) is 6.92 Å². The van der Waals surface area contributed by atoms with Crippen molar-refractivity contribution in [2.45, 2.75) is 19.8 Å².